The van der Waals surface area contributed by atoms with Crippen molar-refractivity contribution in [2.75, 3.05) is 13.7 Å². The third-order valence-corrected chi connectivity index (χ3v) is 6.28. The first-order valence-corrected chi connectivity index (χ1v) is 9.64. The van der Waals surface area contributed by atoms with E-state index in [9.17, 15) is 12.8 Å². The predicted octanol–water partition coefficient (Wildman–Crippen LogP) is 2.89. The summed E-state index contributed by atoms with van der Waals surface area (Å²) < 4.78 is 41.1. The molecule has 134 valence electrons. The molecule has 0 bridgehead atoms. The van der Waals surface area contributed by atoms with Crippen LogP contribution < -0.4 is 4.72 Å². The van der Waals surface area contributed by atoms with Crippen LogP contribution >= 0.6 is 11.6 Å². The van der Waals surface area contributed by atoms with Crippen LogP contribution in [0.2, 0.25) is 5.02 Å². The molecule has 0 amide bonds. The first-order chi connectivity index (χ1) is 11.9. The molecule has 0 spiro atoms. The normalized spacial score (nSPS) is 21.6. The van der Waals surface area contributed by atoms with Crippen LogP contribution in [0.3, 0.4) is 0 Å². The minimum absolute atomic E-state index is 0.0329. The molecule has 3 rings (SSSR count). The number of hydroxylamine groups is 2. The van der Waals surface area contributed by atoms with E-state index < -0.39 is 21.3 Å². The van der Waals surface area contributed by atoms with Gasteiger partial charge in [-0.1, -0.05) is 41.9 Å². The van der Waals surface area contributed by atoms with Gasteiger partial charge in [0, 0.05) is 18.6 Å². The maximum absolute atomic E-state index is 13.0. The van der Waals surface area contributed by atoms with Crippen LogP contribution in [0.15, 0.2) is 48.5 Å². The zero-order chi connectivity index (χ0) is 18.0. The third kappa shape index (κ3) is 4.02. The van der Waals surface area contributed by atoms with Gasteiger partial charge in [-0.3, -0.25) is 4.84 Å². The fourth-order valence-corrected chi connectivity index (χ4v) is 4.59. The molecular formula is C17H18ClFN2O3S. The molecule has 8 heteroatoms. The second-order valence-electron chi connectivity index (χ2n) is 5.84. The van der Waals surface area contributed by atoms with Gasteiger partial charge in [0.1, 0.15) is 11.1 Å². The highest BCUT2D eigenvalue weighted by atomic mass is 35.5. The summed E-state index contributed by atoms with van der Waals surface area (Å²) in [6.45, 7) is 0.114. The lowest BCUT2D eigenvalue weighted by Crippen LogP contribution is -2.39. The van der Waals surface area contributed by atoms with E-state index in [2.05, 4.69) is 4.72 Å². The molecule has 1 N–H and O–H groups in total. The molecule has 2 atom stereocenters. The highest BCUT2D eigenvalue weighted by Crippen LogP contribution is 2.36. The molecule has 1 saturated heterocycles. The molecule has 2 aromatic rings. The lowest BCUT2D eigenvalue weighted by molar-refractivity contribution is -0.110. The van der Waals surface area contributed by atoms with E-state index in [0.29, 0.717) is 16.1 Å². The summed E-state index contributed by atoms with van der Waals surface area (Å²) >= 11 is 6.24. The highest BCUT2D eigenvalue weighted by Gasteiger charge is 2.43. The zero-order valence-electron chi connectivity index (χ0n) is 13.5. The van der Waals surface area contributed by atoms with Crippen molar-refractivity contribution in [3.63, 3.8) is 0 Å². The molecule has 0 aliphatic carbocycles. The number of hydrogen-bond donors (Lipinski definition) is 1. The Balaban J connectivity index is 1.80. The second kappa shape index (κ2) is 7.39. The molecule has 0 aromatic heterocycles. The van der Waals surface area contributed by atoms with Crippen LogP contribution in [0.4, 0.5) is 4.39 Å². The Hall–Kier alpha value is -1.51. The first kappa shape index (κ1) is 18.3. The minimum atomic E-state index is -3.68. The van der Waals surface area contributed by atoms with Gasteiger partial charge in [0.15, 0.2) is 0 Å². The Labute approximate surface area is 151 Å². The number of sulfonamides is 1. The molecule has 1 aliphatic rings. The topological polar surface area (TPSA) is 58.6 Å². The number of halogens is 2. The Bertz CT molecular complexity index is 845. The number of nitrogens with one attached hydrogen (secondary N) is 1. The van der Waals surface area contributed by atoms with E-state index in [1.54, 1.807) is 37.4 Å². The number of rotatable bonds is 5. The van der Waals surface area contributed by atoms with Crippen LogP contribution in [-0.4, -0.2) is 32.4 Å². The van der Waals surface area contributed by atoms with Gasteiger partial charge in [-0.25, -0.2) is 17.5 Å². The summed E-state index contributed by atoms with van der Waals surface area (Å²) in [5.41, 5.74) is 1.37. The quantitative estimate of drug-likeness (QED) is 0.861. The van der Waals surface area contributed by atoms with E-state index >= 15 is 0 Å². The Morgan fingerprint density at radius 2 is 1.92 bits per heavy atom. The smallest absolute Gasteiger partial charge is 0.219 e. The Kier molecular flexibility index (Phi) is 5.41. The number of nitrogens with zero attached hydrogens (tertiary/aromatic N) is 1. The van der Waals surface area contributed by atoms with Gasteiger partial charge in [-0.05, 0) is 29.3 Å². The van der Waals surface area contributed by atoms with Gasteiger partial charge in [0.05, 0.1) is 12.6 Å². The summed E-state index contributed by atoms with van der Waals surface area (Å²) in [5.74, 6) is -0.365. The van der Waals surface area contributed by atoms with Crippen LogP contribution in [0.1, 0.15) is 17.2 Å². The molecular weight excluding hydrogens is 367 g/mol. The van der Waals surface area contributed by atoms with Crippen molar-refractivity contribution in [3.05, 3.63) is 70.5 Å². The lowest BCUT2D eigenvalue weighted by atomic mass is 10.0. The van der Waals surface area contributed by atoms with Crippen molar-refractivity contribution in [3.8, 4) is 0 Å². The van der Waals surface area contributed by atoms with Gasteiger partial charge in [0.25, 0.3) is 0 Å². The highest BCUT2D eigenvalue weighted by molar-refractivity contribution is 7.90. The van der Waals surface area contributed by atoms with E-state index in [-0.39, 0.29) is 19.0 Å². The standard InChI is InChI=1S/C17H18ClFN2O3S/c1-21-17(14-4-2-3-5-15(14)18)16(11-24-21)25(22,23)20-10-12-6-8-13(19)9-7-12/h2-9,16-17,20H,10-11H2,1H3. The van der Waals surface area contributed by atoms with Crippen LogP contribution in [0.5, 0.6) is 0 Å². The monoisotopic (exact) mass is 384 g/mol. The summed E-state index contributed by atoms with van der Waals surface area (Å²) in [5, 5.41) is 1.20. The number of hydrogen-bond acceptors (Lipinski definition) is 4. The lowest BCUT2D eigenvalue weighted by Gasteiger charge is -2.24. The molecule has 1 heterocycles. The minimum Gasteiger partial charge on any atom is -0.297 e. The predicted molar refractivity (Wildman–Crippen MR) is 93.9 cm³/mol. The van der Waals surface area contributed by atoms with E-state index in [1.165, 1.54) is 17.2 Å². The maximum Gasteiger partial charge on any atom is 0.219 e. The molecule has 2 aromatic carbocycles. The fourth-order valence-electron chi connectivity index (χ4n) is 2.86. The first-order valence-electron chi connectivity index (χ1n) is 7.71. The second-order valence-corrected chi connectivity index (χ2v) is 8.23. The molecule has 0 saturated carbocycles. The van der Waals surface area contributed by atoms with Gasteiger partial charge in [0.2, 0.25) is 10.0 Å². The van der Waals surface area contributed by atoms with Crippen LogP contribution in [0.25, 0.3) is 0 Å². The van der Waals surface area contributed by atoms with Gasteiger partial charge >= 0.3 is 0 Å². The molecule has 1 fully saturated rings. The zero-order valence-corrected chi connectivity index (χ0v) is 15.1. The molecule has 1 aliphatic heterocycles. The van der Waals surface area contributed by atoms with E-state index in [0.717, 1.165) is 0 Å². The largest absolute Gasteiger partial charge is 0.297 e. The summed E-state index contributed by atoms with van der Waals surface area (Å²) in [6, 6.07) is 12.3. The Morgan fingerprint density at radius 3 is 2.60 bits per heavy atom. The summed E-state index contributed by atoms with van der Waals surface area (Å²) in [6.07, 6.45) is 0. The molecule has 2 unspecified atom stereocenters. The van der Waals surface area contributed by atoms with Crippen LogP contribution in [-0.2, 0) is 21.4 Å². The Morgan fingerprint density at radius 1 is 1.24 bits per heavy atom. The fraction of sp³-hybridized carbons (Fsp3) is 0.294. The van der Waals surface area contributed by atoms with Crippen molar-refractivity contribution in [1.29, 1.82) is 0 Å². The van der Waals surface area contributed by atoms with Crippen molar-refractivity contribution >= 4 is 21.6 Å². The van der Waals surface area contributed by atoms with E-state index in [4.69, 9.17) is 16.4 Å². The van der Waals surface area contributed by atoms with Gasteiger partial charge < -0.3 is 0 Å². The van der Waals surface area contributed by atoms with Gasteiger partial charge in [-0.2, -0.15) is 5.06 Å². The van der Waals surface area contributed by atoms with Crippen molar-refractivity contribution in [2.24, 2.45) is 0 Å². The SMILES string of the molecule is CN1OCC(S(=O)(=O)NCc2ccc(F)cc2)C1c1ccccc1Cl. The summed E-state index contributed by atoms with van der Waals surface area (Å²) in [4.78, 5) is 5.45. The maximum atomic E-state index is 13.0. The third-order valence-electron chi connectivity index (χ3n) is 4.20. The summed E-state index contributed by atoms with van der Waals surface area (Å²) in [7, 11) is -2.00. The van der Waals surface area contributed by atoms with Crippen molar-refractivity contribution in [1.82, 2.24) is 9.79 Å². The molecule has 0 radical (unpaired) electrons. The number of benzene rings is 2. The van der Waals surface area contributed by atoms with Gasteiger partial charge in [-0.15, -0.1) is 0 Å². The average molecular weight is 385 g/mol. The average Bonchev–Trinajstić information content (AvgIpc) is 2.97. The molecule has 25 heavy (non-hydrogen) atoms. The van der Waals surface area contributed by atoms with Crippen molar-refractivity contribution < 1.29 is 17.6 Å². The van der Waals surface area contributed by atoms with Crippen molar-refractivity contribution in [2.45, 2.75) is 17.8 Å². The van der Waals surface area contributed by atoms with Crippen LogP contribution in [0, 0.1) is 5.82 Å². The van der Waals surface area contributed by atoms with E-state index in [1.807, 2.05) is 6.07 Å². The molecule has 5 nitrogen and oxygen atoms in total.